The van der Waals surface area contributed by atoms with Crippen LogP contribution in [0.25, 0.3) is 0 Å². The molecule has 1 aliphatic rings. The molecule has 0 atom stereocenters. The predicted molar refractivity (Wildman–Crippen MR) is 59.8 cm³/mol. The number of carbonyl (C=O) groups is 3. The maximum absolute atomic E-state index is 12.1. The van der Waals surface area contributed by atoms with Gasteiger partial charge in [-0.05, 0) is 13.8 Å². The molecule has 0 saturated heterocycles. The van der Waals surface area contributed by atoms with Crippen LogP contribution >= 0.6 is 0 Å². The molecular formula is C13H12O4. The Morgan fingerprint density at radius 1 is 1.18 bits per heavy atom. The van der Waals surface area contributed by atoms with E-state index in [0.717, 1.165) is 0 Å². The number of hydrogen-bond acceptors (Lipinski definition) is 4. The summed E-state index contributed by atoms with van der Waals surface area (Å²) in [6, 6.07) is 6.45. The topological polar surface area (TPSA) is 60.4 Å². The van der Waals surface area contributed by atoms with Crippen molar-refractivity contribution in [3.8, 4) is 0 Å². The van der Waals surface area contributed by atoms with Crippen molar-refractivity contribution in [1.29, 1.82) is 0 Å². The first-order chi connectivity index (χ1) is 8.03. The van der Waals surface area contributed by atoms with Gasteiger partial charge in [-0.1, -0.05) is 24.3 Å². The van der Waals surface area contributed by atoms with E-state index in [1.165, 1.54) is 6.92 Å². The van der Waals surface area contributed by atoms with E-state index >= 15 is 0 Å². The molecule has 0 heterocycles. The summed E-state index contributed by atoms with van der Waals surface area (Å²) >= 11 is 0. The monoisotopic (exact) mass is 232 g/mol. The number of fused-ring (bicyclic) bond motifs is 1. The van der Waals surface area contributed by atoms with E-state index in [1.807, 2.05) is 0 Å². The maximum atomic E-state index is 12.1. The van der Waals surface area contributed by atoms with E-state index in [-0.39, 0.29) is 6.61 Å². The van der Waals surface area contributed by atoms with Crippen LogP contribution in [0, 0.1) is 5.41 Å². The summed E-state index contributed by atoms with van der Waals surface area (Å²) < 4.78 is 4.82. The number of ketones is 2. The molecule has 0 saturated carbocycles. The summed E-state index contributed by atoms with van der Waals surface area (Å²) in [5.41, 5.74) is -1.11. The molecule has 0 N–H and O–H groups in total. The van der Waals surface area contributed by atoms with Crippen molar-refractivity contribution in [3.63, 3.8) is 0 Å². The van der Waals surface area contributed by atoms with Crippen LogP contribution in [0.15, 0.2) is 24.3 Å². The molecule has 1 aromatic rings. The van der Waals surface area contributed by atoms with Crippen molar-refractivity contribution in [2.75, 3.05) is 6.61 Å². The molecular weight excluding hydrogens is 220 g/mol. The summed E-state index contributed by atoms with van der Waals surface area (Å²) in [4.78, 5) is 36.0. The molecule has 1 aromatic carbocycles. The van der Waals surface area contributed by atoms with Crippen LogP contribution in [0.5, 0.6) is 0 Å². The maximum Gasteiger partial charge on any atom is 0.327 e. The molecule has 4 heteroatoms. The molecule has 0 bridgehead atoms. The van der Waals surface area contributed by atoms with Crippen LogP contribution in [0.1, 0.15) is 34.6 Å². The second-order valence-electron chi connectivity index (χ2n) is 4.05. The highest BCUT2D eigenvalue weighted by atomic mass is 16.5. The molecule has 0 amide bonds. The van der Waals surface area contributed by atoms with Crippen LogP contribution in [-0.4, -0.2) is 24.1 Å². The fourth-order valence-electron chi connectivity index (χ4n) is 1.98. The Morgan fingerprint density at radius 2 is 1.65 bits per heavy atom. The van der Waals surface area contributed by atoms with E-state index in [2.05, 4.69) is 0 Å². The lowest BCUT2D eigenvalue weighted by molar-refractivity contribution is -0.148. The standard InChI is InChI=1S/C13H12O4/c1-3-17-12(16)13(2)10(14)8-6-4-5-7-9(8)11(13)15/h4-7H,3H2,1-2H3. The van der Waals surface area contributed by atoms with Crippen LogP contribution in [0.3, 0.4) is 0 Å². The Hall–Kier alpha value is -1.97. The Kier molecular flexibility index (Phi) is 2.58. The van der Waals surface area contributed by atoms with E-state index in [0.29, 0.717) is 11.1 Å². The second-order valence-corrected chi connectivity index (χ2v) is 4.05. The quantitative estimate of drug-likeness (QED) is 0.574. The number of ether oxygens (including phenoxy) is 1. The molecule has 0 aromatic heterocycles. The lowest BCUT2D eigenvalue weighted by atomic mass is 9.85. The van der Waals surface area contributed by atoms with Gasteiger partial charge in [-0.25, -0.2) is 0 Å². The highest BCUT2D eigenvalue weighted by Gasteiger charge is 2.55. The smallest absolute Gasteiger partial charge is 0.327 e. The Labute approximate surface area is 98.6 Å². The number of benzene rings is 1. The van der Waals surface area contributed by atoms with Gasteiger partial charge < -0.3 is 4.74 Å². The van der Waals surface area contributed by atoms with Crippen molar-refractivity contribution < 1.29 is 19.1 Å². The highest BCUT2D eigenvalue weighted by Crippen LogP contribution is 2.37. The van der Waals surface area contributed by atoms with Gasteiger partial charge in [0.2, 0.25) is 0 Å². The molecule has 1 aliphatic carbocycles. The number of rotatable bonds is 2. The van der Waals surface area contributed by atoms with Gasteiger partial charge >= 0.3 is 5.97 Å². The lowest BCUT2D eigenvalue weighted by Gasteiger charge is -2.17. The Balaban J connectivity index is 2.52. The van der Waals surface area contributed by atoms with Crippen molar-refractivity contribution in [3.05, 3.63) is 35.4 Å². The zero-order valence-electron chi connectivity index (χ0n) is 9.65. The van der Waals surface area contributed by atoms with Crippen molar-refractivity contribution in [2.24, 2.45) is 5.41 Å². The molecule has 0 aliphatic heterocycles. The molecule has 0 spiro atoms. The van der Waals surface area contributed by atoms with E-state index in [1.54, 1.807) is 31.2 Å². The minimum Gasteiger partial charge on any atom is -0.465 e. The normalized spacial score (nSPS) is 16.8. The van der Waals surface area contributed by atoms with Gasteiger partial charge in [0, 0.05) is 11.1 Å². The zero-order valence-corrected chi connectivity index (χ0v) is 9.65. The van der Waals surface area contributed by atoms with Crippen LogP contribution in [0.4, 0.5) is 0 Å². The fraction of sp³-hybridized carbons (Fsp3) is 0.308. The zero-order chi connectivity index (χ0) is 12.6. The van der Waals surface area contributed by atoms with Gasteiger partial charge in [0.15, 0.2) is 17.0 Å². The Morgan fingerprint density at radius 3 is 2.06 bits per heavy atom. The molecule has 0 unspecified atom stereocenters. The fourth-order valence-corrected chi connectivity index (χ4v) is 1.98. The molecule has 17 heavy (non-hydrogen) atoms. The minimum atomic E-state index is -1.71. The lowest BCUT2D eigenvalue weighted by Crippen LogP contribution is -2.40. The average Bonchev–Trinajstić information content (AvgIpc) is 2.54. The molecule has 2 rings (SSSR count). The third-order valence-corrected chi connectivity index (χ3v) is 3.01. The summed E-state index contributed by atoms with van der Waals surface area (Å²) in [7, 11) is 0. The average molecular weight is 232 g/mol. The van der Waals surface area contributed by atoms with Crippen LogP contribution in [0.2, 0.25) is 0 Å². The Bertz CT molecular complexity index is 481. The first-order valence-electron chi connectivity index (χ1n) is 5.39. The third kappa shape index (κ3) is 1.40. The predicted octanol–water partition coefficient (Wildman–Crippen LogP) is 1.64. The first kappa shape index (κ1) is 11.5. The van der Waals surface area contributed by atoms with Crippen LogP contribution in [-0.2, 0) is 9.53 Å². The highest BCUT2D eigenvalue weighted by molar-refractivity contribution is 6.38. The molecule has 88 valence electrons. The van der Waals surface area contributed by atoms with E-state index < -0.39 is 23.0 Å². The minimum absolute atomic E-state index is 0.144. The van der Waals surface area contributed by atoms with Gasteiger partial charge in [-0.3, -0.25) is 14.4 Å². The number of Topliss-reactive ketones (excluding diaryl/α,β-unsaturated/α-hetero) is 2. The van der Waals surface area contributed by atoms with Gasteiger partial charge in [0.05, 0.1) is 6.61 Å². The van der Waals surface area contributed by atoms with Crippen molar-refractivity contribution in [2.45, 2.75) is 13.8 Å². The second kappa shape index (κ2) is 3.80. The summed E-state index contributed by atoms with van der Waals surface area (Å²) in [5, 5.41) is 0. The van der Waals surface area contributed by atoms with Gasteiger partial charge in [-0.15, -0.1) is 0 Å². The summed E-state index contributed by atoms with van der Waals surface area (Å²) in [5.74, 6) is -1.72. The number of esters is 1. The largest absolute Gasteiger partial charge is 0.465 e. The third-order valence-electron chi connectivity index (χ3n) is 3.01. The van der Waals surface area contributed by atoms with Gasteiger partial charge in [0.1, 0.15) is 0 Å². The molecule has 0 fully saturated rings. The van der Waals surface area contributed by atoms with Gasteiger partial charge in [-0.2, -0.15) is 0 Å². The molecule has 0 radical (unpaired) electrons. The van der Waals surface area contributed by atoms with Crippen LogP contribution < -0.4 is 0 Å². The first-order valence-corrected chi connectivity index (χ1v) is 5.39. The summed E-state index contributed by atoms with van der Waals surface area (Å²) in [6.07, 6.45) is 0. The van der Waals surface area contributed by atoms with Crippen molar-refractivity contribution >= 4 is 17.5 Å². The summed E-state index contributed by atoms with van der Waals surface area (Å²) in [6.45, 7) is 3.11. The number of carbonyl (C=O) groups excluding carboxylic acids is 3. The van der Waals surface area contributed by atoms with Gasteiger partial charge in [0.25, 0.3) is 0 Å². The number of hydrogen-bond donors (Lipinski definition) is 0. The molecule has 4 nitrogen and oxygen atoms in total. The van der Waals surface area contributed by atoms with E-state index in [9.17, 15) is 14.4 Å². The SMILES string of the molecule is CCOC(=O)C1(C)C(=O)c2ccccc2C1=O. The van der Waals surface area contributed by atoms with Crippen molar-refractivity contribution in [1.82, 2.24) is 0 Å². The van der Waals surface area contributed by atoms with E-state index in [4.69, 9.17) is 4.74 Å².